The molecule has 1 aromatic carbocycles. The van der Waals surface area contributed by atoms with Crippen LogP contribution in [0.15, 0.2) is 42.6 Å². The topological polar surface area (TPSA) is 12.9 Å². The molecule has 4 rings (SSSR count). The second kappa shape index (κ2) is 5.91. The minimum atomic E-state index is 0.763. The van der Waals surface area contributed by atoms with Crippen LogP contribution in [0.1, 0.15) is 44.1 Å². The lowest BCUT2D eigenvalue weighted by Gasteiger charge is -2.41. The molecule has 0 saturated carbocycles. The van der Waals surface area contributed by atoms with Gasteiger partial charge in [-0.15, -0.1) is 0 Å². The average Bonchev–Trinajstić information content (AvgIpc) is 2.55. The first kappa shape index (κ1) is 14.1. The van der Waals surface area contributed by atoms with E-state index in [1.165, 1.54) is 49.7 Å². The fourth-order valence-corrected chi connectivity index (χ4v) is 4.90. The number of benzene rings is 1. The van der Waals surface area contributed by atoms with Gasteiger partial charge in [0, 0.05) is 6.20 Å². The first-order chi connectivity index (χ1) is 10.8. The molecule has 2 bridgehead atoms. The number of aryl methyl sites for hydroxylation is 1. The number of hydrogen-bond acceptors (Lipinski definition) is 1. The van der Waals surface area contributed by atoms with Gasteiger partial charge >= 0.3 is 0 Å². The Labute approximate surface area is 134 Å². The Morgan fingerprint density at radius 1 is 0.955 bits per heavy atom. The van der Waals surface area contributed by atoms with Crippen LogP contribution in [0.2, 0.25) is 11.6 Å². The Bertz CT molecular complexity index is 630. The zero-order valence-corrected chi connectivity index (χ0v) is 13.5. The summed E-state index contributed by atoms with van der Waals surface area (Å²) in [5, 5.41) is 0. The molecule has 2 aromatic rings. The lowest BCUT2D eigenvalue weighted by atomic mass is 9.24. The highest BCUT2D eigenvalue weighted by atomic mass is 14.7. The summed E-state index contributed by atoms with van der Waals surface area (Å²) in [4.78, 5) is 4.63. The van der Waals surface area contributed by atoms with Crippen LogP contribution in [-0.2, 0) is 0 Å². The number of aromatic nitrogens is 1. The predicted molar refractivity (Wildman–Crippen MR) is 95.0 cm³/mol. The molecule has 22 heavy (non-hydrogen) atoms. The summed E-state index contributed by atoms with van der Waals surface area (Å²) >= 11 is 0. The van der Waals surface area contributed by atoms with E-state index in [1.807, 2.05) is 12.3 Å². The standard InChI is InChI=1S/C20H24BN/c1-15-11-12-18(20-10-2-3-13-22-20)19(14-15)21-16-6-4-7-17(21)9-5-8-16/h2-3,10-14,16-17H,4-9H2,1H3. The van der Waals surface area contributed by atoms with Crippen LogP contribution in [0.3, 0.4) is 0 Å². The Hall–Kier alpha value is -1.57. The van der Waals surface area contributed by atoms with Gasteiger partial charge < -0.3 is 0 Å². The minimum Gasteiger partial charge on any atom is -0.256 e. The van der Waals surface area contributed by atoms with Crippen LogP contribution in [0, 0.1) is 6.92 Å². The van der Waals surface area contributed by atoms with E-state index in [4.69, 9.17) is 0 Å². The van der Waals surface area contributed by atoms with E-state index in [0.29, 0.717) is 0 Å². The Morgan fingerprint density at radius 3 is 2.32 bits per heavy atom. The van der Waals surface area contributed by atoms with Crippen molar-refractivity contribution < 1.29 is 0 Å². The van der Waals surface area contributed by atoms with Crippen molar-refractivity contribution in [2.75, 3.05) is 0 Å². The fraction of sp³-hybridized carbons (Fsp3) is 0.450. The van der Waals surface area contributed by atoms with Crippen molar-refractivity contribution in [3.05, 3.63) is 48.2 Å². The zero-order valence-electron chi connectivity index (χ0n) is 13.5. The fourth-order valence-electron chi connectivity index (χ4n) is 4.90. The Kier molecular flexibility index (Phi) is 3.77. The first-order valence-corrected chi connectivity index (χ1v) is 8.85. The van der Waals surface area contributed by atoms with Crippen molar-refractivity contribution in [3.63, 3.8) is 0 Å². The van der Waals surface area contributed by atoms with Crippen molar-refractivity contribution in [1.82, 2.24) is 4.98 Å². The van der Waals surface area contributed by atoms with Crippen LogP contribution in [0.5, 0.6) is 0 Å². The van der Waals surface area contributed by atoms with E-state index in [-0.39, 0.29) is 0 Å². The molecule has 1 aromatic heterocycles. The number of nitrogens with zero attached hydrogens (tertiary/aromatic N) is 1. The normalized spacial score (nSPS) is 24.3. The van der Waals surface area contributed by atoms with Gasteiger partial charge in [-0.3, -0.25) is 4.98 Å². The molecule has 2 aliphatic heterocycles. The van der Waals surface area contributed by atoms with Crippen molar-refractivity contribution in [3.8, 4) is 11.3 Å². The van der Waals surface area contributed by atoms with Crippen LogP contribution >= 0.6 is 0 Å². The third-order valence-electron chi connectivity index (χ3n) is 5.82. The summed E-state index contributed by atoms with van der Waals surface area (Å²) in [6, 6.07) is 13.3. The molecule has 0 spiro atoms. The summed E-state index contributed by atoms with van der Waals surface area (Å²) in [7, 11) is 0. The predicted octanol–water partition coefficient (Wildman–Crippen LogP) is 4.87. The van der Waals surface area contributed by atoms with Crippen LogP contribution in [0.25, 0.3) is 11.3 Å². The van der Waals surface area contributed by atoms with E-state index >= 15 is 0 Å². The zero-order chi connectivity index (χ0) is 14.9. The molecule has 2 fully saturated rings. The molecule has 0 radical (unpaired) electrons. The average molecular weight is 289 g/mol. The second-order valence-corrected chi connectivity index (χ2v) is 7.21. The molecule has 2 heteroatoms. The van der Waals surface area contributed by atoms with Crippen molar-refractivity contribution >= 4 is 12.2 Å². The summed E-state index contributed by atoms with van der Waals surface area (Å²) in [5.41, 5.74) is 5.47. The molecule has 0 amide bonds. The maximum Gasteiger partial charge on any atom is 0.183 e. The second-order valence-electron chi connectivity index (χ2n) is 7.21. The first-order valence-electron chi connectivity index (χ1n) is 8.85. The van der Waals surface area contributed by atoms with Crippen molar-refractivity contribution in [2.45, 2.75) is 57.1 Å². The quantitative estimate of drug-likeness (QED) is 0.719. The van der Waals surface area contributed by atoms with Gasteiger partial charge in [0.2, 0.25) is 0 Å². The summed E-state index contributed by atoms with van der Waals surface area (Å²) in [6.45, 7) is 2.99. The van der Waals surface area contributed by atoms with Crippen LogP contribution < -0.4 is 5.46 Å². The van der Waals surface area contributed by atoms with E-state index in [9.17, 15) is 0 Å². The number of pyridine rings is 1. The van der Waals surface area contributed by atoms with Crippen LogP contribution in [0.4, 0.5) is 0 Å². The minimum absolute atomic E-state index is 0.763. The number of rotatable bonds is 2. The highest BCUT2D eigenvalue weighted by Crippen LogP contribution is 2.46. The van der Waals surface area contributed by atoms with Crippen LogP contribution in [-0.4, -0.2) is 11.7 Å². The molecule has 0 aliphatic carbocycles. The van der Waals surface area contributed by atoms with Gasteiger partial charge in [0.15, 0.2) is 6.71 Å². The molecule has 0 atom stereocenters. The summed E-state index contributed by atoms with van der Waals surface area (Å²) in [6.07, 6.45) is 10.5. The highest BCUT2D eigenvalue weighted by molar-refractivity contribution is 6.77. The molecular formula is C20H24BN. The van der Waals surface area contributed by atoms with E-state index in [2.05, 4.69) is 42.2 Å². The molecule has 1 nitrogen and oxygen atoms in total. The molecule has 2 saturated heterocycles. The lowest BCUT2D eigenvalue weighted by molar-refractivity contribution is 0.448. The van der Waals surface area contributed by atoms with Gasteiger partial charge in [-0.1, -0.05) is 85.5 Å². The molecule has 0 N–H and O–H groups in total. The third kappa shape index (κ3) is 2.49. The van der Waals surface area contributed by atoms with Gasteiger partial charge in [0.05, 0.1) is 5.69 Å². The molecule has 112 valence electrons. The van der Waals surface area contributed by atoms with Gasteiger partial charge in [-0.2, -0.15) is 0 Å². The third-order valence-corrected chi connectivity index (χ3v) is 5.82. The maximum atomic E-state index is 4.63. The smallest absolute Gasteiger partial charge is 0.183 e. The van der Waals surface area contributed by atoms with Gasteiger partial charge in [-0.25, -0.2) is 0 Å². The monoisotopic (exact) mass is 289 g/mol. The largest absolute Gasteiger partial charge is 0.256 e. The molecular weight excluding hydrogens is 265 g/mol. The van der Waals surface area contributed by atoms with Gasteiger partial charge in [0.1, 0.15) is 0 Å². The van der Waals surface area contributed by atoms with Gasteiger partial charge in [0.25, 0.3) is 0 Å². The Morgan fingerprint density at radius 2 is 1.68 bits per heavy atom. The van der Waals surface area contributed by atoms with E-state index in [0.717, 1.165) is 24.0 Å². The SMILES string of the molecule is Cc1ccc(-c2ccccn2)c(B2C3CCCC2CCC3)c1. The van der Waals surface area contributed by atoms with Crippen molar-refractivity contribution in [2.24, 2.45) is 0 Å². The molecule has 0 unspecified atom stereocenters. The molecule has 3 heterocycles. The maximum absolute atomic E-state index is 4.63. The van der Waals surface area contributed by atoms with E-state index < -0.39 is 0 Å². The Balaban J connectivity index is 1.82. The van der Waals surface area contributed by atoms with E-state index in [1.54, 1.807) is 5.46 Å². The number of fused-ring (bicyclic) bond motifs is 2. The highest BCUT2D eigenvalue weighted by Gasteiger charge is 2.41. The number of hydrogen-bond donors (Lipinski definition) is 0. The summed E-state index contributed by atoms with van der Waals surface area (Å²) in [5.74, 6) is 1.80. The van der Waals surface area contributed by atoms with Crippen molar-refractivity contribution in [1.29, 1.82) is 0 Å². The molecule has 2 aliphatic rings. The summed E-state index contributed by atoms with van der Waals surface area (Å²) < 4.78 is 0. The van der Waals surface area contributed by atoms with Gasteiger partial charge in [-0.05, 0) is 24.6 Å². The lowest BCUT2D eigenvalue weighted by Crippen LogP contribution is -2.45.